The second-order valence-corrected chi connectivity index (χ2v) is 3.67. The van der Waals surface area contributed by atoms with Crippen molar-refractivity contribution in [2.75, 3.05) is 13.1 Å². The summed E-state index contributed by atoms with van der Waals surface area (Å²) >= 11 is 0. The highest BCUT2D eigenvalue weighted by molar-refractivity contribution is 4.88. The zero-order chi connectivity index (χ0) is 7.61. The van der Waals surface area contributed by atoms with Gasteiger partial charge in [-0.3, -0.25) is 11.3 Å². The Balaban J connectivity index is 2.51. The maximum atomic E-state index is 5.40. The fraction of sp³-hybridized carbons (Fsp3) is 1.00. The zero-order valence-electron chi connectivity index (χ0n) is 6.78. The van der Waals surface area contributed by atoms with Crippen molar-refractivity contribution in [2.45, 2.75) is 26.3 Å². The lowest BCUT2D eigenvalue weighted by Crippen LogP contribution is -2.54. The van der Waals surface area contributed by atoms with E-state index in [2.05, 4.69) is 24.6 Å². The highest BCUT2D eigenvalue weighted by Crippen LogP contribution is 2.23. The van der Waals surface area contributed by atoms with E-state index in [4.69, 9.17) is 5.84 Å². The van der Waals surface area contributed by atoms with E-state index >= 15 is 0 Å². The second kappa shape index (κ2) is 2.86. The first kappa shape index (κ1) is 7.98. The Morgan fingerprint density at radius 1 is 1.60 bits per heavy atom. The van der Waals surface area contributed by atoms with Gasteiger partial charge in [0, 0.05) is 12.6 Å². The van der Waals surface area contributed by atoms with Crippen LogP contribution >= 0.6 is 0 Å². The largest absolute Gasteiger partial charge is 0.316 e. The zero-order valence-corrected chi connectivity index (χ0v) is 6.78. The van der Waals surface area contributed by atoms with Crippen LogP contribution in [0, 0.1) is 5.41 Å². The third kappa shape index (κ3) is 1.48. The normalized spacial score (nSPS) is 32.1. The molecule has 3 heteroatoms. The van der Waals surface area contributed by atoms with Crippen LogP contribution in [0.3, 0.4) is 0 Å². The van der Waals surface area contributed by atoms with Gasteiger partial charge < -0.3 is 5.32 Å². The molecule has 0 aromatic rings. The molecule has 0 aliphatic carbocycles. The van der Waals surface area contributed by atoms with E-state index in [1.807, 2.05) is 0 Å². The van der Waals surface area contributed by atoms with Gasteiger partial charge >= 0.3 is 0 Å². The lowest BCUT2D eigenvalue weighted by Gasteiger charge is -2.38. The Morgan fingerprint density at radius 3 is 2.70 bits per heavy atom. The van der Waals surface area contributed by atoms with Crippen LogP contribution in [0.5, 0.6) is 0 Å². The van der Waals surface area contributed by atoms with Gasteiger partial charge in [0.25, 0.3) is 0 Å². The summed E-state index contributed by atoms with van der Waals surface area (Å²) in [6.45, 7) is 6.59. The van der Waals surface area contributed by atoms with Gasteiger partial charge in [-0.05, 0) is 18.4 Å². The molecule has 60 valence electrons. The van der Waals surface area contributed by atoms with Gasteiger partial charge in [-0.2, -0.15) is 0 Å². The van der Waals surface area contributed by atoms with Crippen LogP contribution in [0.4, 0.5) is 0 Å². The molecule has 1 rings (SSSR count). The monoisotopic (exact) mass is 143 g/mol. The standard InChI is InChI=1S/C7H17N3/c1-7(2)5-9-4-3-6(7)10-8/h6,9-10H,3-5,8H2,1-2H3. The molecule has 1 aliphatic heterocycles. The van der Waals surface area contributed by atoms with E-state index < -0.39 is 0 Å². The molecule has 1 saturated heterocycles. The predicted octanol–water partition coefficient (Wildman–Crippen LogP) is -0.162. The number of hydrogen-bond donors (Lipinski definition) is 3. The fourth-order valence-electron chi connectivity index (χ4n) is 1.48. The maximum Gasteiger partial charge on any atom is 0.0285 e. The molecule has 0 saturated carbocycles. The molecule has 1 heterocycles. The topological polar surface area (TPSA) is 50.1 Å². The number of nitrogens with two attached hydrogens (primary N) is 1. The van der Waals surface area contributed by atoms with Crippen molar-refractivity contribution in [3.63, 3.8) is 0 Å². The van der Waals surface area contributed by atoms with Gasteiger partial charge in [-0.1, -0.05) is 13.8 Å². The van der Waals surface area contributed by atoms with Crippen molar-refractivity contribution in [3.8, 4) is 0 Å². The van der Waals surface area contributed by atoms with Gasteiger partial charge in [0.05, 0.1) is 0 Å². The Bertz CT molecular complexity index is 111. The number of hydrazine groups is 1. The fourth-order valence-corrected chi connectivity index (χ4v) is 1.48. The molecule has 10 heavy (non-hydrogen) atoms. The smallest absolute Gasteiger partial charge is 0.0285 e. The molecule has 3 nitrogen and oxygen atoms in total. The van der Waals surface area contributed by atoms with Crippen molar-refractivity contribution < 1.29 is 0 Å². The Kier molecular flexibility index (Phi) is 2.28. The average molecular weight is 143 g/mol. The summed E-state index contributed by atoms with van der Waals surface area (Å²) in [4.78, 5) is 0. The Morgan fingerprint density at radius 2 is 2.30 bits per heavy atom. The number of rotatable bonds is 1. The summed E-state index contributed by atoms with van der Waals surface area (Å²) in [6, 6.07) is 0.466. The lowest BCUT2D eigenvalue weighted by molar-refractivity contribution is 0.186. The van der Waals surface area contributed by atoms with Crippen LogP contribution < -0.4 is 16.6 Å². The van der Waals surface area contributed by atoms with E-state index in [9.17, 15) is 0 Å². The molecule has 1 atom stereocenters. The number of nitrogens with one attached hydrogen (secondary N) is 2. The van der Waals surface area contributed by atoms with E-state index in [0.29, 0.717) is 11.5 Å². The summed E-state index contributed by atoms with van der Waals surface area (Å²) in [5.41, 5.74) is 3.15. The minimum atomic E-state index is 0.299. The molecule has 1 unspecified atom stereocenters. The Labute approximate surface area is 62.3 Å². The Hall–Kier alpha value is -0.120. The quantitative estimate of drug-likeness (QED) is 0.353. The van der Waals surface area contributed by atoms with Crippen molar-refractivity contribution in [2.24, 2.45) is 11.3 Å². The van der Waals surface area contributed by atoms with Crippen LogP contribution in [-0.4, -0.2) is 19.1 Å². The lowest BCUT2D eigenvalue weighted by atomic mass is 9.80. The molecule has 0 spiro atoms. The molecule has 0 radical (unpaired) electrons. The van der Waals surface area contributed by atoms with E-state index in [0.717, 1.165) is 19.5 Å². The van der Waals surface area contributed by atoms with Crippen LogP contribution in [0.2, 0.25) is 0 Å². The van der Waals surface area contributed by atoms with E-state index in [-0.39, 0.29) is 0 Å². The van der Waals surface area contributed by atoms with Crippen LogP contribution in [0.25, 0.3) is 0 Å². The summed E-state index contributed by atoms with van der Waals surface area (Å²) in [5.74, 6) is 5.40. The van der Waals surface area contributed by atoms with E-state index in [1.54, 1.807) is 0 Å². The van der Waals surface area contributed by atoms with Crippen molar-refractivity contribution >= 4 is 0 Å². The van der Waals surface area contributed by atoms with Gasteiger partial charge in [0.2, 0.25) is 0 Å². The SMILES string of the molecule is CC1(C)CNCCC1NN. The van der Waals surface area contributed by atoms with Crippen molar-refractivity contribution in [1.82, 2.24) is 10.7 Å². The average Bonchev–Trinajstić information content (AvgIpc) is 1.87. The molecule has 0 aromatic carbocycles. The molecule has 0 aromatic heterocycles. The van der Waals surface area contributed by atoms with Gasteiger partial charge in [0.1, 0.15) is 0 Å². The molecule has 1 fully saturated rings. The van der Waals surface area contributed by atoms with Crippen LogP contribution in [0.1, 0.15) is 20.3 Å². The summed E-state index contributed by atoms with van der Waals surface area (Å²) in [7, 11) is 0. The highest BCUT2D eigenvalue weighted by atomic mass is 15.2. The molecular weight excluding hydrogens is 126 g/mol. The first-order chi connectivity index (χ1) is 4.67. The number of hydrogen-bond acceptors (Lipinski definition) is 3. The van der Waals surface area contributed by atoms with Crippen LogP contribution in [-0.2, 0) is 0 Å². The molecule has 4 N–H and O–H groups in total. The number of piperidine rings is 1. The first-order valence-electron chi connectivity index (χ1n) is 3.83. The summed E-state index contributed by atoms with van der Waals surface area (Å²) in [6.07, 6.45) is 1.13. The molecule has 0 amide bonds. The second-order valence-electron chi connectivity index (χ2n) is 3.67. The van der Waals surface area contributed by atoms with E-state index in [1.165, 1.54) is 0 Å². The van der Waals surface area contributed by atoms with Gasteiger partial charge in [0.15, 0.2) is 0 Å². The molecular formula is C7H17N3. The van der Waals surface area contributed by atoms with Crippen molar-refractivity contribution in [1.29, 1.82) is 0 Å². The first-order valence-corrected chi connectivity index (χ1v) is 3.83. The third-order valence-corrected chi connectivity index (χ3v) is 2.33. The van der Waals surface area contributed by atoms with Gasteiger partial charge in [-0.15, -0.1) is 0 Å². The minimum Gasteiger partial charge on any atom is -0.316 e. The maximum absolute atomic E-state index is 5.40. The van der Waals surface area contributed by atoms with Gasteiger partial charge in [-0.25, -0.2) is 0 Å². The van der Waals surface area contributed by atoms with Crippen LogP contribution in [0.15, 0.2) is 0 Å². The summed E-state index contributed by atoms with van der Waals surface area (Å²) < 4.78 is 0. The third-order valence-electron chi connectivity index (χ3n) is 2.33. The molecule has 0 bridgehead atoms. The minimum absolute atomic E-state index is 0.299. The summed E-state index contributed by atoms with van der Waals surface area (Å²) in [5, 5.41) is 3.34. The molecule has 1 aliphatic rings. The van der Waals surface area contributed by atoms with Crippen molar-refractivity contribution in [3.05, 3.63) is 0 Å². The highest BCUT2D eigenvalue weighted by Gasteiger charge is 2.30. The predicted molar refractivity (Wildman–Crippen MR) is 42.4 cm³/mol.